The van der Waals surface area contributed by atoms with Crippen molar-refractivity contribution in [2.24, 2.45) is 5.73 Å². The third-order valence-corrected chi connectivity index (χ3v) is 4.10. The van der Waals surface area contributed by atoms with Gasteiger partial charge in [-0.2, -0.15) is 13.8 Å². The Morgan fingerprint density at radius 2 is 2.13 bits per heavy atom. The van der Waals surface area contributed by atoms with Crippen LogP contribution in [0.4, 0.5) is 26.2 Å². The molecule has 1 aliphatic heterocycles. The zero-order valence-electron chi connectivity index (χ0n) is 11.6. The highest BCUT2D eigenvalue weighted by Gasteiger charge is 2.48. The largest absolute Gasteiger partial charge is 0.394 e. The van der Waals surface area contributed by atoms with Gasteiger partial charge in [-0.3, -0.25) is 25.0 Å². The number of aromatic nitrogens is 2. The number of anilines is 3. The molecule has 1 aromatic heterocycles. The summed E-state index contributed by atoms with van der Waals surface area (Å²) in [6.07, 6.45) is -2.08. The van der Waals surface area contributed by atoms with E-state index in [1.165, 1.54) is 4.90 Å². The molecular weight excluding hydrogens is 341 g/mol. The van der Waals surface area contributed by atoms with E-state index < -0.39 is 38.1 Å². The molecule has 0 radical (unpaired) electrons. The lowest BCUT2D eigenvalue weighted by Crippen LogP contribution is -2.44. The number of fused-ring (bicyclic) bond motifs is 1. The predicted molar refractivity (Wildman–Crippen MR) is 75.8 cm³/mol. The van der Waals surface area contributed by atoms with Crippen molar-refractivity contribution in [2.75, 3.05) is 29.3 Å². The normalized spacial score (nSPS) is 18.0. The van der Waals surface area contributed by atoms with Gasteiger partial charge in [0.15, 0.2) is 12.1 Å². The minimum atomic E-state index is -5.55. The second-order valence-electron chi connectivity index (χ2n) is 4.71. The molecule has 130 valence electrons. The van der Waals surface area contributed by atoms with Crippen LogP contribution in [0.2, 0.25) is 0 Å². The molecule has 23 heavy (non-hydrogen) atoms. The van der Waals surface area contributed by atoms with Crippen LogP contribution in [-0.4, -0.2) is 45.0 Å². The molecule has 8 N–H and O–H groups in total. The van der Waals surface area contributed by atoms with E-state index in [-0.39, 0.29) is 24.2 Å². The smallest absolute Gasteiger partial charge is 0.369 e. The number of H-pyrrole nitrogens is 1. The summed E-state index contributed by atoms with van der Waals surface area (Å²) < 4.78 is 41.7. The molecule has 0 aliphatic carbocycles. The Morgan fingerprint density at radius 1 is 1.48 bits per heavy atom. The maximum Gasteiger partial charge on any atom is 0.394 e. The van der Waals surface area contributed by atoms with E-state index in [1.807, 2.05) is 0 Å². The molecule has 1 aromatic rings. The Kier molecular flexibility index (Phi) is 4.59. The molecule has 2 rings (SSSR count). The lowest BCUT2D eigenvalue weighted by molar-refractivity contribution is 0.0144. The van der Waals surface area contributed by atoms with Gasteiger partial charge in [-0.25, -0.2) is 0 Å². The van der Waals surface area contributed by atoms with Crippen molar-refractivity contribution in [3.05, 3.63) is 10.4 Å². The standard InChI is InChI=1S/C9H15F2N6O5P/c10-9(11,23(19,20)21)1-2-22-3-17-5-4(14-8(17)13)6(18)16-7(12)15-5/h8,14H,1-3,13H2,(H2,19,20,21)(H3,12,15,16,18). The summed E-state index contributed by atoms with van der Waals surface area (Å²) in [5, 5.41) is 2.61. The van der Waals surface area contributed by atoms with E-state index in [0.29, 0.717) is 0 Å². The number of nitrogens with one attached hydrogen (secondary N) is 2. The zero-order valence-corrected chi connectivity index (χ0v) is 12.5. The molecule has 14 heteroatoms. The second-order valence-corrected chi connectivity index (χ2v) is 6.45. The molecule has 1 unspecified atom stereocenters. The number of rotatable bonds is 6. The van der Waals surface area contributed by atoms with Gasteiger partial charge in [0.25, 0.3) is 5.56 Å². The number of hydrogen-bond acceptors (Lipinski definition) is 8. The lowest BCUT2D eigenvalue weighted by atomic mass is 10.4. The molecule has 0 amide bonds. The topological polar surface area (TPSA) is 180 Å². The van der Waals surface area contributed by atoms with Gasteiger partial charge in [0.05, 0.1) is 6.61 Å². The summed E-state index contributed by atoms with van der Waals surface area (Å²) in [6, 6.07) is 0. The first kappa shape index (κ1) is 17.6. The van der Waals surface area contributed by atoms with Crippen molar-refractivity contribution in [3.63, 3.8) is 0 Å². The SMILES string of the molecule is Nc1nc2c(c(=O)[nH]1)NC(N)N2COCCC(F)(F)P(=O)(O)O. The fourth-order valence-electron chi connectivity index (χ4n) is 1.82. The third kappa shape index (κ3) is 3.59. The van der Waals surface area contributed by atoms with Crippen LogP contribution >= 0.6 is 7.60 Å². The fraction of sp³-hybridized carbons (Fsp3) is 0.556. The van der Waals surface area contributed by atoms with Gasteiger partial charge in [0.2, 0.25) is 5.95 Å². The van der Waals surface area contributed by atoms with E-state index in [4.69, 9.17) is 26.0 Å². The average molecular weight is 356 g/mol. The Labute approximate surface area is 127 Å². The van der Waals surface area contributed by atoms with Crippen LogP contribution in [-0.2, 0) is 9.30 Å². The lowest BCUT2D eigenvalue weighted by Gasteiger charge is -2.23. The van der Waals surface area contributed by atoms with Crippen LogP contribution in [0.1, 0.15) is 6.42 Å². The van der Waals surface area contributed by atoms with Gasteiger partial charge in [-0.1, -0.05) is 0 Å². The quantitative estimate of drug-likeness (QED) is 0.272. The third-order valence-electron chi connectivity index (χ3n) is 3.02. The average Bonchev–Trinajstić information content (AvgIpc) is 2.70. The first-order chi connectivity index (χ1) is 10.5. The first-order valence-corrected chi connectivity index (χ1v) is 7.84. The Balaban J connectivity index is 1.98. The summed E-state index contributed by atoms with van der Waals surface area (Å²) in [7, 11) is -5.55. The number of alkyl halides is 2. The number of nitrogen functional groups attached to an aromatic ring is 1. The van der Waals surface area contributed by atoms with Crippen LogP contribution in [0.5, 0.6) is 0 Å². The van der Waals surface area contributed by atoms with Crippen molar-refractivity contribution < 1.29 is 27.9 Å². The molecule has 0 fully saturated rings. The molecule has 0 spiro atoms. The van der Waals surface area contributed by atoms with Crippen molar-refractivity contribution in [3.8, 4) is 0 Å². The molecule has 0 saturated heterocycles. The number of halogens is 2. The molecule has 0 saturated carbocycles. The monoisotopic (exact) mass is 356 g/mol. The Bertz CT molecular complexity index is 693. The van der Waals surface area contributed by atoms with Gasteiger partial charge < -0.3 is 25.6 Å². The highest BCUT2D eigenvalue weighted by atomic mass is 31.2. The zero-order chi connectivity index (χ0) is 17.4. The highest BCUT2D eigenvalue weighted by Crippen LogP contribution is 2.54. The highest BCUT2D eigenvalue weighted by molar-refractivity contribution is 7.53. The number of ether oxygens (including phenoxy) is 1. The van der Waals surface area contributed by atoms with E-state index in [0.717, 1.165) is 0 Å². The molecule has 11 nitrogen and oxygen atoms in total. The fourth-order valence-corrected chi connectivity index (χ4v) is 2.20. The minimum Gasteiger partial charge on any atom is -0.369 e. The van der Waals surface area contributed by atoms with Crippen LogP contribution in [0.25, 0.3) is 0 Å². The maximum atomic E-state index is 13.1. The molecule has 1 aliphatic rings. The summed E-state index contributed by atoms with van der Waals surface area (Å²) in [5.41, 5.74) is 6.43. The van der Waals surface area contributed by atoms with Crippen LogP contribution < -0.4 is 27.2 Å². The van der Waals surface area contributed by atoms with Crippen molar-refractivity contribution >= 4 is 25.0 Å². The summed E-state index contributed by atoms with van der Waals surface area (Å²) in [5.74, 6) is -0.0804. The van der Waals surface area contributed by atoms with Gasteiger partial charge >= 0.3 is 13.3 Å². The first-order valence-electron chi connectivity index (χ1n) is 6.23. The Hall–Kier alpha value is -1.79. The molecule has 1 atom stereocenters. The summed E-state index contributed by atoms with van der Waals surface area (Å²) in [6.45, 7) is -0.983. The van der Waals surface area contributed by atoms with Gasteiger partial charge in [-0.05, 0) is 0 Å². The number of nitrogens with two attached hydrogens (primary N) is 2. The van der Waals surface area contributed by atoms with Crippen LogP contribution in [0, 0.1) is 0 Å². The van der Waals surface area contributed by atoms with E-state index >= 15 is 0 Å². The molecule has 0 aromatic carbocycles. The summed E-state index contributed by atoms with van der Waals surface area (Å²) >= 11 is 0. The van der Waals surface area contributed by atoms with Gasteiger partial charge in [-0.15, -0.1) is 0 Å². The van der Waals surface area contributed by atoms with Crippen molar-refractivity contribution in [1.82, 2.24) is 9.97 Å². The van der Waals surface area contributed by atoms with E-state index in [2.05, 4.69) is 15.3 Å². The van der Waals surface area contributed by atoms with Crippen LogP contribution in [0.15, 0.2) is 4.79 Å². The second kappa shape index (κ2) is 6.02. The predicted octanol–water partition coefficient (Wildman–Crippen LogP) is -1.04. The number of nitrogens with zero attached hydrogens (tertiary/aromatic N) is 2. The molecule has 2 heterocycles. The van der Waals surface area contributed by atoms with Gasteiger partial charge in [0.1, 0.15) is 12.4 Å². The number of aromatic amines is 1. The Morgan fingerprint density at radius 3 is 2.74 bits per heavy atom. The molecular formula is C9H15F2N6O5P. The minimum absolute atomic E-state index is 0.0517. The van der Waals surface area contributed by atoms with Crippen LogP contribution in [0.3, 0.4) is 0 Å². The summed E-state index contributed by atoms with van der Waals surface area (Å²) in [4.78, 5) is 36.0. The maximum absolute atomic E-state index is 13.1. The van der Waals surface area contributed by atoms with E-state index in [1.54, 1.807) is 0 Å². The van der Waals surface area contributed by atoms with E-state index in [9.17, 15) is 18.1 Å². The van der Waals surface area contributed by atoms with Crippen molar-refractivity contribution in [1.29, 1.82) is 0 Å². The van der Waals surface area contributed by atoms with Crippen molar-refractivity contribution in [2.45, 2.75) is 18.4 Å². The number of hydrogen-bond donors (Lipinski definition) is 6. The molecule has 0 bridgehead atoms. The van der Waals surface area contributed by atoms with Gasteiger partial charge in [0, 0.05) is 6.42 Å².